The molecule has 4 rings (SSSR count). The van der Waals surface area contributed by atoms with Gasteiger partial charge in [0.15, 0.2) is 11.9 Å². The van der Waals surface area contributed by atoms with Crippen LogP contribution in [-0.2, 0) is 0 Å². The Balaban J connectivity index is 1.55. The van der Waals surface area contributed by atoms with Gasteiger partial charge in [0, 0.05) is 37.0 Å². The van der Waals surface area contributed by atoms with Crippen LogP contribution in [0.15, 0.2) is 40.5 Å². The Morgan fingerprint density at radius 2 is 2.06 bits per heavy atom. The van der Waals surface area contributed by atoms with E-state index in [9.17, 15) is 23.1 Å². The molecule has 3 atom stereocenters. The van der Waals surface area contributed by atoms with Crippen LogP contribution in [0.3, 0.4) is 0 Å². The number of alkyl halides is 3. The Labute approximate surface area is 179 Å². The maximum atomic E-state index is 13.3. The summed E-state index contributed by atoms with van der Waals surface area (Å²) in [6.45, 7) is 2.19. The fourth-order valence-electron chi connectivity index (χ4n) is 3.64. The van der Waals surface area contributed by atoms with Crippen LogP contribution in [0.1, 0.15) is 53.6 Å². The van der Waals surface area contributed by atoms with E-state index >= 15 is 0 Å². The Kier molecular flexibility index (Phi) is 5.80. The predicted octanol–water partition coefficient (Wildman–Crippen LogP) is 4.20. The number of rotatable bonds is 4. The van der Waals surface area contributed by atoms with E-state index < -0.39 is 18.0 Å². The Hall–Kier alpha value is -2.79. The van der Waals surface area contributed by atoms with E-state index in [4.69, 9.17) is 4.52 Å². The Morgan fingerprint density at radius 3 is 2.77 bits per heavy atom. The number of hydrogen-bond donors (Lipinski definition) is 1. The summed E-state index contributed by atoms with van der Waals surface area (Å²) in [5, 5.41) is 14.6. The molecule has 0 spiro atoms. The number of nitrogens with zero attached hydrogens (tertiary/aromatic N) is 4. The zero-order valence-electron chi connectivity index (χ0n) is 16.4. The van der Waals surface area contributed by atoms with E-state index in [2.05, 4.69) is 15.1 Å². The second-order valence-electron chi connectivity index (χ2n) is 7.41. The van der Waals surface area contributed by atoms with Gasteiger partial charge in [-0.1, -0.05) is 5.16 Å². The first-order valence-corrected chi connectivity index (χ1v) is 10.5. The number of carbonyl (C=O) groups is 1. The van der Waals surface area contributed by atoms with E-state index in [1.807, 2.05) is 6.92 Å². The third-order valence-corrected chi connectivity index (χ3v) is 6.26. The molecule has 0 unspecified atom stereocenters. The molecule has 0 bridgehead atoms. The minimum absolute atomic E-state index is 0.0589. The molecule has 31 heavy (non-hydrogen) atoms. The lowest BCUT2D eigenvalue weighted by Gasteiger charge is -2.37. The zero-order valence-corrected chi connectivity index (χ0v) is 17.2. The first kappa shape index (κ1) is 21.4. The molecule has 4 heterocycles. The first-order valence-electron chi connectivity index (χ1n) is 9.63. The highest BCUT2D eigenvalue weighted by atomic mass is 32.1. The predicted molar refractivity (Wildman–Crippen MR) is 105 cm³/mol. The molecule has 0 radical (unpaired) electrons. The summed E-state index contributed by atoms with van der Waals surface area (Å²) in [4.78, 5) is 24.1. The smallest absolute Gasteiger partial charge is 0.378 e. The lowest BCUT2D eigenvalue weighted by molar-refractivity contribution is -0.208. The van der Waals surface area contributed by atoms with Crippen LogP contribution < -0.4 is 0 Å². The normalized spacial score (nSPS) is 20.6. The van der Waals surface area contributed by atoms with Gasteiger partial charge in [-0.15, -0.1) is 11.3 Å². The number of carbonyl (C=O) groups excluding carboxylic acids is 1. The van der Waals surface area contributed by atoms with Crippen LogP contribution in [-0.4, -0.2) is 49.8 Å². The van der Waals surface area contributed by atoms with Gasteiger partial charge in [-0.05, 0) is 37.3 Å². The van der Waals surface area contributed by atoms with Crippen molar-refractivity contribution in [3.63, 3.8) is 0 Å². The highest BCUT2D eigenvalue weighted by Crippen LogP contribution is 2.37. The van der Waals surface area contributed by atoms with Gasteiger partial charge in [-0.3, -0.25) is 4.79 Å². The molecule has 1 saturated heterocycles. The first-order chi connectivity index (χ1) is 14.8. The summed E-state index contributed by atoms with van der Waals surface area (Å²) in [5.74, 6) is 0.163. The van der Waals surface area contributed by atoms with E-state index in [-0.39, 0.29) is 30.2 Å². The number of piperidine rings is 1. The summed E-state index contributed by atoms with van der Waals surface area (Å²) in [6, 6.07) is 4.48. The maximum Gasteiger partial charge on any atom is 0.420 e. The van der Waals surface area contributed by atoms with E-state index in [1.165, 1.54) is 11.3 Å². The molecule has 0 aliphatic carbocycles. The molecule has 1 aliphatic rings. The number of hydrogen-bond acceptors (Lipinski definition) is 7. The standard InChI is InChI=1S/C20H19F3N4O3S/c1-11-3-4-12(15-9-14(26-30-15)17(28)20(21,22)23)10-27(11)19(29)13-5-8-31-16(13)18-24-6-2-7-25-18/h2,5-9,11-12,17,28H,3-4,10H2,1H3/t11-,12-,17+/m1/s1. The van der Waals surface area contributed by atoms with Gasteiger partial charge in [-0.2, -0.15) is 13.2 Å². The minimum atomic E-state index is -4.83. The van der Waals surface area contributed by atoms with Crippen LogP contribution in [0.2, 0.25) is 0 Å². The number of aliphatic hydroxyl groups excluding tert-OH is 1. The number of aliphatic hydroxyl groups is 1. The SMILES string of the molecule is C[C@@H]1CC[C@@H](c2cc([C@H](O)C(F)(F)F)no2)CN1C(=O)c1ccsc1-c1ncccn1. The molecule has 1 N–H and O–H groups in total. The summed E-state index contributed by atoms with van der Waals surface area (Å²) >= 11 is 1.37. The maximum absolute atomic E-state index is 13.3. The van der Waals surface area contributed by atoms with Gasteiger partial charge in [-0.25, -0.2) is 9.97 Å². The summed E-state index contributed by atoms with van der Waals surface area (Å²) in [7, 11) is 0. The van der Waals surface area contributed by atoms with Crippen LogP contribution >= 0.6 is 11.3 Å². The van der Waals surface area contributed by atoms with E-state index in [1.54, 1.807) is 34.8 Å². The second-order valence-corrected chi connectivity index (χ2v) is 8.33. The zero-order chi connectivity index (χ0) is 22.2. The molecular formula is C20H19F3N4O3S. The van der Waals surface area contributed by atoms with Crippen molar-refractivity contribution in [3.8, 4) is 10.7 Å². The van der Waals surface area contributed by atoms with Gasteiger partial charge >= 0.3 is 6.18 Å². The molecule has 0 aromatic carbocycles. The number of thiophene rings is 1. The highest BCUT2D eigenvalue weighted by Gasteiger charge is 2.42. The van der Waals surface area contributed by atoms with Crippen molar-refractivity contribution >= 4 is 17.2 Å². The van der Waals surface area contributed by atoms with Crippen LogP contribution in [0.25, 0.3) is 10.7 Å². The molecule has 1 aliphatic heterocycles. The molecule has 3 aromatic heterocycles. The quantitative estimate of drug-likeness (QED) is 0.638. The lowest BCUT2D eigenvalue weighted by Crippen LogP contribution is -2.44. The van der Waals surface area contributed by atoms with Crippen molar-refractivity contribution in [1.82, 2.24) is 20.0 Å². The number of halogens is 3. The van der Waals surface area contributed by atoms with Crippen molar-refractivity contribution in [2.45, 2.75) is 44.0 Å². The van der Waals surface area contributed by atoms with E-state index in [0.717, 1.165) is 6.07 Å². The van der Waals surface area contributed by atoms with E-state index in [0.29, 0.717) is 29.1 Å². The van der Waals surface area contributed by atoms with Crippen molar-refractivity contribution in [3.05, 3.63) is 53.0 Å². The lowest BCUT2D eigenvalue weighted by atomic mass is 9.90. The van der Waals surface area contributed by atoms with Gasteiger partial charge in [0.05, 0.1) is 10.4 Å². The van der Waals surface area contributed by atoms with Gasteiger partial charge < -0.3 is 14.5 Å². The summed E-state index contributed by atoms with van der Waals surface area (Å²) in [5.41, 5.74) is -0.102. The molecule has 0 saturated carbocycles. The van der Waals surface area contributed by atoms with Crippen molar-refractivity contribution < 1.29 is 27.6 Å². The molecule has 11 heteroatoms. The third-order valence-electron chi connectivity index (χ3n) is 5.35. The Morgan fingerprint density at radius 1 is 1.32 bits per heavy atom. The topological polar surface area (TPSA) is 92.4 Å². The highest BCUT2D eigenvalue weighted by molar-refractivity contribution is 7.14. The second kappa shape index (κ2) is 8.39. The van der Waals surface area contributed by atoms with Crippen molar-refractivity contribution in [2.24, 2.45) is 0 Å². The van der Waals surface area contributed by atoms with Gasteiger partial charge in [0.25, 0.3) is 5.91 Å². The van der Waals surface area contributed by atoms with Crippen LogP contribution in [0.5, 0.6) is 0 Å². The molecule has 3 aromatic rings. The summed E-state index contributed by atoms with van der Waals surface area (Å²) in [6.07, 6.45) is -3.05. The van der Waals surface area contributed by atoms with Gasteiger partial charge in [0.2, 0.25) is 0 Å². The monoisotopic (exact) mass is 452 g/mol. The average Bonchev–Trinajstić information content (AvgIpc) is 3.43. The molecule has 164 valence electrons. The molecular weight excluding hydrogens is 433 g/mol. The largest absolute Gasteiger partial charge is 0.420 e. The van der Waals surface area contributed by atoms with Crippen molar-refractivity contribution in [1.29, 1.82) is 0 Å². The van der Waals surface area contributed by atoms with Gasteiger partial charge in [0.1, 0.15) is 11.5 Å². The summed E-state index contributed by atoms with van der Waals surface area (Å²) < 4.78 is 43.3. The van der Waals surface area contributed by atoms with Crippen LogP contribution in [0, 0.1) is 0 Å². The van der Waals surface area contributed by atoms with Crippen molar-refractivity contribution in [2.75, 3.05) is 6.54 Å². The molecule has 1 amide bonds. The number of likely N-dealkylation sites (tertiary alicyclic amines) is 1. The average molecular weight is 452 g/mol. The van der Waals surface area contributed by atoms with Crippen LogP contribution in [0.4, 0.5) is 13.2 Å². The third kappa shape index (κ3) is 4.33. The fraction of sp³-hybridized carbons (Fsp3) is 0.400. The minimum Gasteiger partial charge on any atom is -0.378 e. The molecule has 7 nitrogen and oxygen atoms in total. The molecule has 1 fully saturated rings. The fourth-order valence-corrected chi connectivity index (χ4v) is 4.47. The Bertz CT molecular complexity index is 1050. The number of aromatic nitrogens is 3. The number of amides is 1.